The number of nitrogens with one attached hydrogen (secondary N) is 1. The third-order valence-electron chi connectivity index (χ3n) is 2.52. The van der Waals surface area contributed by atoms with Crippen molar-refractivity contribution in [3.05, 3.63) is 52.6 Å². The smallest absolute Gasteiger partial charge is 0.275 e. The average Bonchev–Trinajstić information content (AvgIpc) is 2.94. The number of carbonyl (C=O) groups excluding carboxylic acids is 1. The molecule has 8 heteroatoms. The summed E-state index contributed by atoms with van der Waals surface area (Å²) in [7, 11) is 0. The van der Waals surface area contributed by atoms with Gasteiger partial charge in [-0.05, 0) is 30.4 Å². The molecule has 0 bridgehead atoms. The van der Waals surface area contributed by atoms with Crippen LogP contribution in [0.5, 0.6) is 11.5 Å². The lowest BCUT2D eigenvalue weighted by atomic mass is 10.2. The Bertz CT molecular complexity index is 749. The summed E-state index contributed by atoms with van der Waals surface area (Å²) in [5.41, 5.74) is 2.18. The molecule has 0 atom stereocenters. The Kier molecular flexibility index (Phi) is 4.66. The monoisotopic (exact) mass is 301 g/mol. The maximum absolute atomic E-state index is 11.7. The zero-order valence-corrected chi connectivity index (χ0v) is 11.1. The standard InChI is InChI=1S/C14H11N3O5/c18-9-3-5-11(12(19)8-9)14(20)16-15-7-1-2-10-4-6-13(17-21)22-10/h1-8,18-19H,(H,16,20)/b2-1+,15-7+. The molecule has 22 heavy (non-hydrogen) atoms. The molecule has 112 valence electrons. The normalized spacial score (nSPS) is 11.1. The number of phenols is 2. The van der Waals surface area contributed by atoms with Crippen LogP contribution in [0.1, 0.15) is 16.1 Å². The van der Waals surface area contributed by atoms with Crippen molar-refractivity contribution in [3.63, 3.8) is 0 Å². The first kappa shape index (κ1) is 15.0. The molecule has 1 aromatic heterocycles. The molecule has 0 unspecified atom stereocenters. The molecule has 3 N–H and O–H groups in total. The van der Waals surface area contributed by atoms with Gasteiger partial charge in [-0.15, -0.1) is 4.91 Å². The largest absolute Gasteiger partial charge is 0.508 e. The maximum atomic E-state index is 11.7. The van der Waals surface area contributed by atoms with Crippen LogP contribution >= 0.6 is 0 Å². The lowest BCUT2D eigenvalue weighted by Crippen LogP contribution is -2.17. The van der Waals surface area contributed by atoms with Crippen LogP contribution < -0.4 is 5.43 Å². The van der Waals surface area contributed by atoms with E-state index in [1.165, 1.54) is 36.6 Å². The Balaban J connectivity index is 1.91. The van der Waals surface area contributed by atoms with Gasteiger partial charge in [0, 0.05) is 23.5 Å². The van der Waals surface area contributed by atoms with Gasteiger partial charge in [0.05, 0.1) is 5.56 Å². The van der Waals surface area contributed by atoms with Gasteiger partial charge in [0.2, 0.25) is 0 Å². The second-order valence-corrected chi connectivity index (χ2v) is 4.05. The topological polar surface area (TPSA) is 124 Å². The van der Waals surface area contributed by atoms with Crippen LogP contribution in [0.15, 0.2) is 51.1 Å². The highest BCUT2D eigenvalue weighted by Gasteiger charge is 2.10. The third kappa shape index (κ3) is 3.79. The molecular formula is C14H11N3O5. The van der Waals surface area contributed by atoms with Crippen LogP contribution in [0.25, 0.3) is 6.08 Å². The molecule has 2 aromatic rings. The lowest BCUT2D eigenvalue weighted by molar-refractivity contribution is 0.0952. The van der Waals surface area contributed by atoms with Crippen LogP contribution in [0.4, 0.5) is 5.88 Å². The molecule has 1 heterocycles. The average molecular weight is 301 g/mol. The summed E-state index contributed by atoms with van der Waals surface area (Å²) >= 11 is 0. The van der Waals surface area contributed by atoms with Gasteiger partial charge in [0.1, 0.15) is 17.3 Å². The minimum atomic E-state index is -0.632. The van der Waals surface area contributed by atoms with Crippen molar-refractivity contribution < 1.29 is 19.4 Å². The highest BCUT2D eigenvalue weighted by Crippen LogP contribution is 2.22. The molecule has 0 saturated carbocycles. The Morgan fingerprint density at radius 1 is 1.23 bits per heavy atom. The fourth-order valence-electron chi connectivity index (χ4n) is 1.53. The summed E-state index contributed by atoms with van der Waals surface area (Å²) in [6.45, 7) is 0. The highest BCUT2D eigenvalue weighted by atomic mass is 16.4. The van der Waals surface area contributed by atoms with Crippen LogP contribution in [0, 0.1) is 4.91 Å². The van der Waals surface area contributed by atoms with Crippen LogP contribution in [0.2, 0.25) is 0 Å². The van der Waals surface area contributed by atoms with E-state index in [1.54, 1.807) is 6.07 Å². The summed E-state index contributed by atoms with van der Waals surface area (Å²) in [6.07, 6.45) is 4.28. The Morgan fingerprint density at radius 3 is 2.73 bits per heavy atom. The summed E-state index contributed by atoms with van der Waals surface area (Å²) in [5, 5.41) is 24.9. The number of benzene rings is 1. The second-order valence-electron chi connectivity index (χ2n) is 4.05. The summed E-state index contributed by atoms with van der Waals surface area (Å²) in [6, 6.07) is 6.55. The number of phenolic OH excluding ortho intramolecular Hbond substituents is 2. The number of hydrogen-bond donors (Lipinski definition) is 3. The van der Waals surface area contributed by atoms with Crippen molar-refractivity contribution in [1.82, 2.24) is 5.43 Å². The zero-order valence-electron chi connectivity index (χ0n) is 11.1. The summed E-state index contributed by atoms with van der Waals surface area (Å²) < 4.78 is 4.98. The molecule has 0 radical (unpaired) electrons. The van der Waals surface area contributed by atoms with Gasteiger partial charge in [-0.1, -0.05) is 0 Å². The van der Waals surface area contributed by atoms with Gasteiger partial charge in [0.25, 0.3) is 11.8 Å². The first-order valence-electron chi connectivity index (χ1n) is 6.05. The molecule has 0 aliphatic rings. The Labute approximate surface area is 124 Å². The number of hydrazone groups is 1. The number of carbonyl (C=O) groups is 1. The molecule has 2 rings (SSSR count). The van der Waals surface area contributed by atoms with E-state index >= 15 is 0 Å². The summed E-state index contributed by atoms with van der Waals surface area (Å²) in [4.78, 5) is 21.9. The number of amides is 1. The highest BCUT2D eigenvalue weighted by molar-refractivity contribution is 5.97. The van der Waals surface area contributed by atoms with Crippen molar-refractivity contribution in [2.45, 2.75) is 0 Å². The number of furan rings is 1. The maximum Gasteiger partial charge on any atom is 0.275 e. The molecule has 0 fully saturated rings. The van der Waals surface area contributed by atoms with Gasteiger partial charge in [-0.3, -0.25) is 4.79 Å². The quantitative estimate of drug-likeness (QED) is 0.444. The molecule has 0 aliphatic heterocycles. The predicted octanol–water partition coefficient (Wildman–Crippen LogP) is 2.52. The van der Waals surface area contributed by atoms with E-state index in [0.29, 0.717) is 5.76 Å². The van der Waals surface area contributed by atoms with Crippen molar-refractivity contribution >= 4 is 24.1 Å². The number of hydrogen-bond acceptors (Lipinski definition) is 7. The van der Waals surface area contributed by atoms with Crippen LogP contribution in [-0.4, -0.2) is 22.3 Å². The van der Waals surface area contributed by atoms with Gasteiger partial charge < -0.3 is 14.6 Å². The molecule has 8 nitrogen and oxygen atoms in total. The number of allylic oxidation sites excluding steroid dienone is 1. The van der Waals surface area contributed by atoms with Crippen molar-refractivity contribution in [2.24, 2.45) is 10.3 Å². The number of aromatic hydroxyl groups is 2. The van der Waals surface area contributed by atoms with Gasteiger partial charge >= 0.3 is 0 Å². The van der Waals surface area contributed by atoms with E-state index in [1.807, 2.05) is 0 Å². The van der Waals surface area contributed by atoms with Crippen molar-refractivity contribution in [3.8, 4) is 11.5 Å². The van der Waals surface area contributed by atoms with Gasteiger partial charge in [0.15, 0.2) is 0 Å². The van der Waals surface area contributed by atoms with Gasteiger partial charge in [-0.25, -0.2) is 5.43 Å². The number of nitroso groups, excluding NO2 is 1. The zero-order chi connectivity index (χ0) is 15.9. The molecule has 0 saturated heterocycles. The van der Waals surface area contributed by atoms with Crippen molar-refractivity contribution in [2.75, 3.05) is 0 Å². The van der Waals surface area contributed by atoms with E-state index in [2.05, 4.69) is 15.7 Å². The minimum Gasteiger partial charge on any atom is -0.508 e. The minimum absolute atomic E-state index is 0.0216. The third-order valence-corrected chi connectivity index (χ3v) is 2.52. The van der Waals surface area contributed by atoms with E-state index in [4.69, 9.17) is 9.52 Å². The number of nitrogens with zero attached hydrogens (tertiary/aromatic N) is 2. The van der Waals surface area contributed by atoms with E-state index < -0.39 is 5.91 Å². The van der Waals surface area contributed by atoms with Crippen LogP contribution in [-0.2, 0) is 0 Å². The van der Waals surface area contributed by atoms with E-state index in [-0.39, 0.29) is 22.9 Å². The Hall–Kier alpha value is -3.42. The Morgan fingerprint density at radius 2 is 2.05 bits per heavy atom. The van der Waals surface area contributed by atoms with E-state index in [9.17, 15) is 14.8 Å². The van der Waals surface area contributed by atoms with Crippen LogP contribution in [0.3, 0.4) is 0 Å². The lowest BCUT2D eigenvalue weighted by Gasteiger charge is -2.02. The molecule has 1 amide bonds. The predicted molar refractivity (Wildman–Crippen MR) is 78.9 cm³/mol. The second kappa shape index (κ2) is 6.84. The van der Waals surface area contributed by atoms with Crippen molar-refractivity contribution in [1.29, 1.82) is 0 Å². The van der Waals surface area contributed by atoms with E-state index in [0.717, 1.165) is 6.07 Å². The van der Waals surface area contributed by atoms with Gasteiger partial charge in [-0.2, -0.15) is 5.10 Å². The molecule has 0 aliphatic carbocycles. The first-order chi connectivity index (χ1) is 10.6. The fraction of sp³-hybridized carbons (Fsp3) is 0. The molecular weight excluding hydrogens is 290 g/mol. The first-order valence-corrected chi connectivity index (χ1v) is 6.05. The molecule has 1 aromatic carbocycles. The molecule has 0 spiro atoms. The fourth-order valence-corrected chi connectivity index (χ4v) is 1.53. The number of rotatable bonds is 5. The summed E-state index contributed by atoms with van der Waals surface area (Å²) in [5.74, 6) is -0.764. The SMILES string of the molecule is O=Nc1ccc(/C=C/C=N/NC(=O)c2ccc(O)cc2O)o1.